The molecule has 0 saturated heterocycles. The Labute approximate surface area is 91.8 Å². The third-order valence-electron chi connectivity index (χ3n) is 1.88. The molecule has 0 fully saturated rings. The Hall–Kier alpha value is -0.800. The molecule has 0 saturated carbocycles. The van der Waals surface area contributed by atoms with Gasteiger partial charge in [0.05, 0.1) is 0 Å². The summed E-state index contributed by atoms with van der Waals surface area (Å²) in [6.45, 7) is 1.54. The maximum atomic E-state index is 10.4. The minimum atomic E-state index is -0.647. The molecule has 0 amide bonds. The molecule has 0 N–H and O–H groups in total. The van der Waals surface area contributed by atoms with E-state index in [4.69, 9.17) is 23.2 Å². The highest BCUT2D eigenvalue weighted by Crippen LogP contribution is 2.22. The zero-order valence-electron chi connectivity index (χ0n) is 7.54. The second-order valence-corrected chi connectivity index (χ2v) is 3.92. The molecule has 3 nitrogen and oxygen atoms in total. The summed E-state index contributed by atoms with van der Waals surface area (Å²) in [6.07, 6.45) is 0.298. The molecule has 14 heavy (non-hydrogen) atoms. The van der Waals surface area contributed by atoms with Crippen LogP contribution in [-0.2, 0) is 6.42 Å². The number of benzene rings is 1. The summed E-state index contributed by atoms with van der Waals surface area (Å²) in [6, 6.07) is 4.31. The van der Waals surface area contributed by atoms with E-state index >= 15 is 0 Å². The van der Waals surface area contributed by atoms with E-state index in [9.17, 15) is 10.1 Å². The van der Waals surface area contributed by atoms with E-state index in [1.54, 1.807) is 18.2 Å². The Morgan fingerprint density at radius 3 is 2.71 bits per heavy atom. The second kappa shape index (κ2) is 4.62. The van der Waals surface area contributed by atoms with Crippen molar-refractivity contribution in [1.29, 1.82) is 0 Å². The zero-order valence-corrected chi connectivity index (χ0v) is 9.05. The number of nitrogens with zero attached hydrogens (tertiary/aromatic N) is 1. The van der Waals surface area contributed by atoms with Crippen LogP contribution in [0.3, 0.4) is 0 Å². The molecule has 0 radical (unpaired) electrons. The van der Waals surface area contributed by atoms with Gasteiger partial charge in [-0.2, -0.15) is 0 Å². The van der Waals surface area contributed by atoms with Crippen LogP contribution in [0.25, 0.3) is 0 Å². The van der Waals surface area contributed by atoms with Crippen LogP contribution >= 0.6 is 23.2 Å². The summed E-state index contributed by atoms with van der Waals surface area (Å²) in [5.74, 6) is 0. The number of rotatable bonds is 3. The first kappa shape index (κ1) is 11.3. The Morgan fingerprint density at radius 2 is 2.14 bits per heavy atom. The average molecular weight is 234 g/mol. The molecule has 1 rings (SSSR count). The van der Waals surface area contributed by atoms with Gasteiger partial charge in [0.2, 0.25) is 6.04 Å². The lowest BCUT2D eigenvalue weighted by Crippen LogP contribution is -2.17. The van der Waals surface area contributed by atoms with Crippen LogP contribution in [0.4, 0.5) is 0 Å². The van der Waals surface area contributed by atoms with Gasteiger partial charge in [-0.1, -0.05) is 23.2 Å². The summed E-state index contributed by atoms with van der Waals surface area (Å²) >= 11 is 11.6. The number of halogens is 2. The summed E-state index contributed by atoms with van der Waals surface area (Å²) < 4.78 is 0. The predicted octanol–water partition coefficient (Wildman–Crippen LogP) is 3.20. The molecule has 0 aliphatic carbocycles. The van der Waals surface area contributed by atoms with Crippen molar-refractivity contribution < 1.29 is 4.92 Å². The third kappa shape index (κ3) is 2.86. The SMILES string of the molecule is CC(Cc1cc(Cl)ccc1Cl)[N+](=O)[O-]. The topological polar surface area (TPSA) is 43.1 Å². The van der Waals surface area contributed by atoms with Crippen molar-refractivity contribution in [3.63, 3.8) is 0 Å². The molecule has 0 aliphatic heterocycles. The van der Waals surface area contributed by atoms with Crippen molar-refractivity contribution in [1.82, 2.24) is 0 Å². The van der Waals surface area contributed by atoms with E-state index in [1.165, 1.54) is 6.92 Å². The molecule has 76 valence electrons. The first-order chi connectivity index (χ1) is 6.50. The molecule has 0 aliphatic rings. The highest BCUT2D eigenvalue weighted by atomic mass is 35.5. The number of hydrogen-bond donors (Lipinski definition) is 0. The Morgan fingerprint density at radius 1 is 1.50 bits per heavy atom. The van der Waals surface area contributed by atoms with Crippen LogP contribution in [0.1, 0.15) is 12.5 Å². The van der Waals surface area contributed by atoms with E-state index in [-0.39, 0.29) is 4.92 Å². The fraction of sp³-hybridized carbons (Fsp3) is 0.333. The van der Waals surface area contributed by atoms with Crippen molar-refractivity contribution in [3.8, 4) is 0 Å². The molecule has 0 spiro atoms. The zero-order chi connectivity index (χ0) is 10.7. The van der Waals surface area contributed by atoms with Crippen molar-refractivity contribution in [2.24, 2.45) is 0 Å². The van der Waals surface area contributed by atoms with Gasteiger partial charge in [-0.05, 0) is 23.8 Å². The first-order valence-corrected chi connectivity index (χ1v) is 4.83. The minimum absolute atomic E-state index is 0.298. The van der Waals surface area contributed by atoms with E-state index in [0.29, 0.717) is 22.0 Å². The molecular formula is C9H9Cl2NO2. The lowest BCUT2D eigenvalue weighted by atomic mass is 10.1. The lowest BCUT2D eigenvalue weighted by molar-refractivity contribution is -0.517. The Bertz CT molecular complexity index is 355. The molecule has 1 aromatic rings. The summed E-state index contributed by atoms with van der Waals surface area (Å²) in [5.41, 5.74) is 0.711. The van der Waals surface area contributed by atoms with Crippen molar-refractivity contribution in [2.75, 3.05) is 0 Å². The highest BCUT2D eigenvalue weighted by Gasteiger charge is 2.15. The van der Waals surface area contributed by atoms with Crippen molar-refractivity contribution >= 4 is 23.2 Å². The van der Waals surface area contributed by atoms with E-state index < -0.39 is 6.04 Å². The van der Waals surface area contributed by atoms with Crippen LogP contribution in [0.2, 0.25) is 10.0 Å². The van der Waals surface area contributed by atoms with E-state index in [0.717, 1.165) is 0 Å². The van der Waals surface area contributed by atoms with Crippen LogP contribution in [0.15, 0.2) is 18.2 Å². The van der Waals surface area contributed by atoms with Gasteiger partial charge in [0.15, 0.2) is 0 Å². The number of nitro groups is 1. The molecule has 5 heteroatoms. The number of hydrogen-bond acceptors (Lipinski definition) is 2. The van der Waals surface area contributed by atoms with Gasteiger partial charge in [0.25, 0.3) is 0 Å². The van der Waals surface area contributed by atoms with Crippen LogP contribution < -0.4 is 0 Å². The summed E-state index contributed by atoms with van der Waals surface area (Å²) in [5, 5.41) is 11.5. The van der Waals surface area contributed by atoms with Gasteiger partial charge in [0.1, 0.15) is 0 Å². The van der Waals surface area contributed by atoms with E-state index in [2.05, 4.69) is 0 Å². The monoisotopic (exact) mass is 233 g/mol. The quantitative estimate of drug-likeness (QED) is 0.595. The second-order valence-electron chi connectivity index (χ2n) is 3.07. The fourth-order valence-corrected chi connectivity index (χ4v) is 1.48. The maximum Gasteiger partial charge on any atom is 0.214 e. The van der Waals surface area contributed by atoms with Crippen LogP contribution in [-0.4, -0.2) is 11.0 Å². The molecule has 1 aromatic carbocycles. The van der Waals surface area contributed by atoms with Crippen molar-refractivity contribution in [2.45, 2.75) is 19.4 Å². The largest absolute Gasteiger partial charge is 0.264 e. The van der Waals surface area contributed by atoms with E-state index in [1.807, 2.05) is 0 Å². The summed E-state index contributed by atoms with van der Waals surface area (Å²) in [4.78, 5) is 10.1. The Balaban J connectivity index is 2.85. The Kier molecular flexibility index (Phi) is 3.72. The van der Waals surface area contributed by atoms with Crippen LogP contribution in [0.5, 0.6) is 0 Å². The molecule has 1 atom stereocenters. The van der Waals surface area contributed by atoms with Gasteiger partial charge in [0, 0.05) is 28.3 Å². The van der Waals surface area contributed by atoms with Gasteiger partial charge in [-0.25, -0.2) is 0 Å². The smallest absolute Gasteiger partial charge is 0.214 e. The maximum absolute atomic E-state index is 10.4. The first-order valence-electron chi connectivity index (χ1n) is 4.08. The molecule has 0 heterocycles. The molecule has 0 aromatic heterocycles. The highest BCUT2D eigenvalue weighted by molar-refractivity contribution is 6.33. The van der Waals surface area contributed by atoms with Gasteiger partial charge >= 0.3 is 0 Å². The summed E-state index contributed by atoms with van der Waals surface area (Å²) in [7, 11) is 0. The van der Waals surface area contributed by atoms with Crippen molar-refractivity contribution in [3.05, 3.63) is 43.9 Å². The predicted molar refractivity (Wildman–Crippen MR) is 56.6 cm³/mol. The average Bonchev–Trinajstić information content (AvgIpc) is 2.11. The lowest BCUT2D eigenvalue weighted by Gasteiger charge is -2.06. The van der Waals surface area contributed by atoms with Crippen LogP contribution in [0, 0.1) is 10.1 Å². The molecule has 1 unspecified atom stereocenters. The van der Waals surface area contributed by atoms with Gasteiger partial charge in [-0.3, -0.25) is 10.1 Å². The fourth-order valence-electron chi connectivity index (χ4n) is 1.09. The normalized spacial score (nSPS) is 12.5. The molecular weight excluding hydrogens is 225 g/mol. The molecule has 0 bridgehead atoms. The van der Waals surface area contributed by atoms with Gasteiger partial charge in [-0.15, -0.1) is 0 Å². The van der Waals surface area contributed by atoms with Gasteiger partial charge < -0.3 is 0 Å². The third-order valence-corrected chi connectivity index (χ3v) is 2.49. The standard InChI is InChI=1S/C9H9Cl2NO2/c1-6(12(13)14)4-7-5-8(10)2-3-9(7)11/h2-3,5-6H,4H2,1H3. The minimum Gasteiger partial charge on any atom is -0.264 e.